The van der Waals surface area contributed by atoms with Crippen molar-refractivity contribution in [2.75, 3.05) is 19.7 Å². The summed E-state index contributed by atoms with van der Waals surface area (Å²) in [5.41, 5.74) is 6.45. The van der Waals surface area contributed by atoms with Gasteiger partial charge >= 0.3 is 0 Å². The number of benzene rings is 2. The van der Waals surface area contributed by atoms with Crippen molar-refractivity contribution in [2.45, 2.75) is 32.9 Å². The number of nitrogens with zero attached hydrogens (tertiary/aromatic N) is 1. The number of hydrogen-bond donors (Lipinski definition) is 1. The Labute approximate surface area is 182 Å². The molecule has 2 heterocycles. The Morgan fingerprint density at radius 2 is 1.97 bits per heavy atom. The molecule has 4 nitrogen and oxygen atoms in total. The van der Waals surface area contributed by atoms with Gasteiger partial charge in [0.1, 0.15) is 5.75 Å². The van der Waals surface area contributed by atoms with Crippen LogP contribution in [0.2, 0.25) is 0 Å². The van der Waals surface area contributed by atoms with Gasteiger partial charge in [0.15, 0.2) is 6.61 Å². The predicted octanol–water partition coefficient (Wildman–Crippen LogP) is 4.66. The fraction of sp³-hybridized carbons (Fsp3) is 0.320. The van der Waals surface area contributed by atoms with E-state index in [0.29, 0.717) is 6.54 Å². The highest BCUT2D eigenvalue weighted by atomic mass is 32.1. The molecule has 1 amide bonds. The van der Waals surface area contributed by atoms with Crippen LogP contribution in [0.3, 0.4) is 0 Å². The van der Waals surface area contributed by atoms with E-state index in [0.717, 1.165) is 30.8 Å². The quantitative estimate of drug-likeness (QED) is 0.604. The molecule has 156 valence electrons. The highest BCUT2D eigenvalue weighted by Gasteiger charge is 2.25. The summed E-state index contributed by atoms with van der Waals surface area (Å²) in [6.07, 6.45) is 1.04. The van der Waals surface area contributed by atoms with Crippen molar-refractivity contribution in [1.82, 2.24) is 10.2 Å². The second-order valence-electron chi connectivity index (χ2n) is 7.90. The smallest absolute Gasteiger partial charge is 0.258 e. The number of nitrogens with one attached hydrogen (secondary N) is 1. The van der Waals surface area contributed by atoms with Crippen LogP contribution in [0.1, 0.15) is 33.9 Å². The number of amides is 1. The molecule has 1 unspecified atom stereocenters. The monoisotopic (exact) mass is 420 g/mol. The normalized spacial score (nSPS) is 14.7. The lowest BCUT2D eigenvalue weighted by molar-refractivity contribution is -0.123. The first-order chi connectivity index (χ1) is 14.6. The Bertz CT molecular complexity index is 1000. The molecule has 1 aliphatic rings. The fourth-order valence-corrected chi connectivity index (χ4v) is 4.63. The molecule has 2 aromatic carbocycles. The average Bonchev–Trinajstić information content (AvgIpc) is 3.29. The zero-order valence-corrected chi connectivity index (χ0v) is 18.4. The molecule has 5 heteroatoms. The van der Waals surface area contributed by atoms with Crippen LogP contribution in [0.25, 0.3) is 0 Å². The number of carbonyl (C=O) groups is 1. The van der Waals surface area contributed by atoms with Crippen molar-refractivity contribution >= 4 is 17.2 Å². The summed E-state index contributed by atoms with van der Waals surface area (Å²) in [6, 6.07) is 16.9. The van der Waals surface area contributed by atoms with E-state index in [9.17, 15) is 4.79 Å². The Balaban J connectivity index is 1.37. The van der Waals surface area contributed by atoms with Crippen LogP contribution in [0, 0.1) is 13.8 Å². The zero-order chi connectivity index (χ0) is 20.9. The van der Waals surface area contributed by atoms with E-state index in [1.807, 2.05) is 25.1 Å². The third-order valence-corrected chi connectivity index (χ3v) is 6.57. The standard InChI is InChI=1S/C25H28N2O2S/c1-18-7-8-23(13-19(18)2)29-16-25(28)26-14-24(22-10-12-30-17-22)27-11-9-20-5-3-4-6-21(20)15-27/h3-8,10,12-13,17,24H,9,11,14-16H2,1-2H3,(H,26,28). The summed E-state index contributed by atoms with van der Waals surface area (Å²) < 4.78 is 5.70. The first-order valence-corrected chi connectivity index (χ1v) is 11.3. The average molecular weight is 421 g/mol. The Morgan fingerprint density at radius 3 is 2.73 bits per heavy atom. The summed E-state index contributed by atoms with van der Waals surface area (Å²) in [4.78, 5) is 14.9. The molecule has 30 heavy (non-hydrogen) atoms. The van der Waals surface area contributed by atoms with E-state index < -0.39 is 0 Å². The van der Waals surface area contributed by atoms with Crippen molar-refractivity contribution in [2.24, 2.45) is 0 Å². The van der Waals surface area contributed by atoms with Crippen LogP contribution >= 0.6 is 11.3 Å². The second-order valence-corrected chi connectivity index (χ2v) is 8.68. The Morgan fingerprint density at radius 1 is 1.13 bits per heavy atom. The molecule has 0 saturated heterocycles. The maximum Gasteiger partial charge on any atom is 0.258 e. The van der Waals surface area contributed by atoms with Crippen LogP contribution in [-0.4, -0.2) is 30.5 Å². The number of rotatable bonds is 7. The lowest BCUT2D eigenvalue weighted by Crippen LogP contribution is -2.41. The van der Waals surface area contributed by atoms with E-state index in [1.54, 1.807) is 11.3 Å². The first-order valence-electron chi connectivity index (χ1n) is 10.4. The SMILES string of the molecule is Cc1ccc(OCC(=O)NCC(c2ccsc2)N2CCc3ccccc3C2)cc1C. The molecule has 1 atom stereocenters. The van der Waals surface area contributed by atoms with Gasteiger partial charge in [-0.3, -0.25) is 9.69 Å². The second kappa shape index (κ2) is 9.45. The van der Waals surface area contributed by atoms with Gasteiger partial charge in [-0.05, 0) is 77.0 Å². The molecular weight excluding hydrogens is 392 g/mol. The molecule has 3 aromatic rings. The minimum absolute atomic E-state index is 0.0295. The van der Waals surface area contributed by atoms with E-state index in [4.69, 9.17) is 4.74 Å². The van der Waals surface area contributed by atoms with Crippen molar-refractivity contribution in [3.8, 4) is 5.75 Å². The Hall–Kier alpha value is -2.63. The summed E-state index contributed by atoms with van der Waals surface area (Å²) in [5, 5.41) is 7.37. The summed E-state index contributed by atoms with van der Waals surface area (Å²) in [6.45, 7) is 6.62. The van der Waals surface area contributed by atoms with E-state index in [1.165, 1.54) is 22.3 Å². The molecule has 0 aliphatic carbocycles. The molecule has 1 N–H and O–H groups in total. The van der Waals surface area contributed by atoms with Crippen LogP contribution in [0.4, 0.5) is 0 Å². The van der Waals surface area contributed by atoms with E-state index >= 15 is 0 Å². The van der Waals surface area contributed by atoms with Crippen molar-refractivity contribution in [3.63, 3.8) is 0 Å². The lowest BCUT2D eigenvalue weighted by atomic mass is 9.97. The van der Waals surface area contributed by atoms with Gasteiger partial charge in [-0.2, -0.15) is 11.3 Å². The van der Waals surface area contributed by atoms with E-state index in [-0.39, 0.29) is 18.6 Å². The van der Waals surface area contributed by atoms with Crippen molar-refractivity contribution in [3.05, 3.63) is 87.1 Å². The molecule has 1 aromatic heterocycles. The first kappa shape index (κ1) is 20.6. The maximum absolute atomic E-state index is 12.5. The van der Waals surface area contributed by atoms with Gasteiger partial charge in [-0.1, -0.05) is 30.3 Å². The summed E-state index contributed by atoms with van der Waals surface area (Å²) in [7, 11) is 0. The molecule has 0 saturated carbocycles. The molecular formula is C25H28N2O2S. The number of hydrogen-bond acceptors (Lipinski definition) is 4. The van der Waals surface area contributed by atoms with Gasteiger partial charge in [0.25, 0.3) is 5.91 Å². The molecule has 0 bridgehead atoms. The lowest BCUT2D eigenvalue weighted by Gasteiger charge is -2.35. The minimum atomic E-state index is -0.0918. The number of thiophene rings is 1. The third kappa shape index (κ3) is 4.91. The molecule has 1 aliphatic heterocycles. The molecule has 0 spiro atoms. The van der Waals surface area contributed by atoms with Crippen molar-refractivity contribution < 1.29 is 9.53 Å². The van der Waals surface area contributed by atoms with Gasteiger partial charge in [-0.25, -0.2) is 0 Å². The maximum atomic E-state index is 12.5. The largest absolute Gasteiger partial charge is 0.484 e. The van der Waals surface area contributed by atoms with Gasteiger partial charge in [0, 0.05) is 19.6 Å². The number of aryl methyl sites for hydroxylation is 2. The third-order valence-electron chi connectivity index (χ3n) is 5.87. The fourth-order valence-electron chi connectivity index (χ4n) is 3.92. The van der Waals surface area contributed by atoms with E-state index in [2.05, 4.69) is 58.2 Å². The molecule has 0 fully saturated rings. The Kier molecular flexibility index (Phi) is 6.50. The number of ether oxygens (including phenoxy) is 1. The van der Waals surface area contributed by atoms with Gasteiger partial charge in [-0.15, -0.1) is 0 Å². The van der Waals surface area contributed by atoms with Crippen molar-refractivity contribution in [1.29, 1.82) is 0 Å². The predicted molar refractivity (Wildman–Crippen MR) is 122 cm³/mol. The van der Waals surface area contributed by atoms with Crippen LogP contribution in [0.5, 0.6) is 5.75 Å². The summed E-state index contributed by atoms with van der Waals surface area (Å²) >= 11 is 1.70. The number of carbonyl (C=O) groups excluding carboxylic acids is 1. The van der Waals surface area contributed by atoms with Crippen LogP contribution < -0.4 is 10.1 Å². The minimum Gasteiger partial charge on any atom is -0.484 e. The van der Waals surface area contributed by atoms with Gasteiger partial charge < -0.3 is 10.1 Å². The van der Waals surface area contributed by atoms with Gasteiger partial charge in [0.05, 0.1) is 6.04 Å². The highest BCUT2D eigenvalue weighted by Crippen LogP contribution is 2.28. The van der Waals surface area contributed by atoms with Crippen LogP contribution in [0.15, 0.2) is 59.3 Å². The van der Waals surface area contributed by atoms with Gasteiger partial charge in [0.2, 0.25) is 0 Å². The highest BCUT2D eigenvalue weighted by molar-refractivity contribution is 7.07. The summed E-state index contributed by atoms with van der Waals surface area (Å²) in [5.74, 6) is 0.640. The zero-order valence-electron chi connectivity index (χ0n) is 17.6. The van der Waals surface area contributed by atoms with Crippen LogP contribution in [-0.2, 0) is 17.8 Å². The number of fused-ring (bicyclic) bond motifs is 1. The molecule has 0 radical (unpaired) electrons. The topological polar surface area (TPSA) is 41.6 Å². The molecule has 4 rings (SSSR count).